The molecule has 2 rings (SSSR count). The molecule has 1 fully saturated rings. The van der Waals surface area contributed by atoms with Crippen LogP contribution in [0.25, 0.3) is 0 Å². The highest BCUT2D eigenvalue weighted by molar-refractivity contribution is 6.42. The summed E-state index contributed by atoms with van der Waals surface area (Å²) in [6.07, 6.45) is 3.62. The molecule has 1 heterocycles. The maximum absolute atomic E-state index is 11.9. The molecule has 0 spiro atoms. The average Bonchev–Trinajstić information content (AvgIpc) is 2.72. The van der Waals surface area contributed by atoms with Crippen molar-refractivity contribution < 1.29 is 4.79 Å². The fourth-order valence-electron chi connectivity index (χ4n) is 1.91. The van der Waals surface area contributed by atoms with Crippen molar-refractivity contribution in [2.75, 3.05) is 5.32 Å². The van der Waals surface area contributed by atoms with Gasteiger partial charge in [0, 0.05) is 12.0 Å². The number of rotatable bonds is 2. The van der Waals surface area contributed by atoms with E-state index in [1.165, 1.54) is 6.33 Å². The second-order valence-corrected chi connectivity index (χ2v) is 4.82. The van der Waals surface area contributed by atoms with Gasteiger partial charge in [-0.25, -0.2) is 9.97 Å². The van der Waals surface area contributed by atoms with Gasteiger partial charge in [-0.2, -0.15) is 0 Å². The molecule has 3 N–H and O–H groups in total. The third kappa shape index (κ3) is 2.86. The topological polar surface area (TPSA) is 80.9 Å². The van der Waals surface area contributed by atoms with Crippen molar-refractivity contribution in [3.8, 4) is 0 Å². The predicted octanol–water partition coefficient (Wildman–Crippen LogP) is 1.85. The lowest BCUT2D eigenvalue weighted by atomic mass is 10.1. The molecule has 1 aromatic heterocycles. The first-order valence-corrected chi connectivity index (χ1v) is 6.06. The molecule has 92 valence electrons. The van der Waals surface area contributed by atoms with Crippen LogP contribution in [-0.4, -0.2) is 21.9 Å². The number of amides is 1. The average molecular weight is 275 g/mol. The van der Waals surface area contributed by atoms with Gasteiger partial charge < -0.3 is 11.1 Å². The molecule has 1 amide bonds. The van der Waals surface area contributed by atoms with E-state index >= 15 is 0 Å². The maximum atomic E-state index is 11.9. The molecule has 7 heteroatoms. The monoisotopic (exact) mass is 274 g/mol. The van der Waals surface area contributed by atoms with Crippen LogP contribution in [-0.2, 0) is 4.79 Å². The lowest BCUT2D eigenvalue weighted by Gasteiger charge is -2.11. The minimum absolute atomic E-state index is 0.0743. The van der Waals surface area contributed by atoms with E-state index < -0.39 is 0 Å². The summed E-state index contributed by atoms with van der Waals surface area (Å²) in [6, 6.07) is 0.107. The van der Waals surface area contributed by atoms with E-state index in [4.69, 9.17) is 28.9 Å². The number of hydrogen-bond donors (Lipinski definition) is 2. The van der Waals surface area contributed by atoms with Gasteiger partial charge in [0.1, 0.15) is 11.3 Å². The van der Waals surface area contributed by atoms with E-state index in [1.54, 1.807) is 0 Å². The van der Waals surface area contributed by atoms with Gasteiger partial charge in [-0.1, -0.05) is 23.2 Å². The van der Waals surface area contributed by atoms with Gasteiger partial charge in [-0.05, 0) is 19.3 Å². The minimum Gasteiger partial charge on any atom is -0.328 e. The van der Waals surface area contributed by atoms with Crippen molar-refractivity contribution in [2.45, 2.75) is 25.3 Å². The molecular weight excluding hydrogens is 263 g/mol. The Morgan fingerprint density at radius 1 is 1.41 bits per heavy atom. The Labute approximate surface area is 109 Å². The van der Waals surface area contributed by atoms with E-state index in [1.807, 2.05) is 0 Å². The summed E-state index contributed by atoms with van der Waals surface area (Å²) in [5, 5.41) is 2.93. The van der Waals surface area contributed by atoms with E-state index in [9.17, 15) is 4.79 Å². The summed E-state index contributed by atoms with van der Waals surface area (Å²) >= 11 is 11.6. The smallest absolute Gasteiger partial charge is 0.228 e. The molecular formula is C10H12Cl2N4O. The lowest BCUT2D eigenvalue weighted by molar-refractivity contribution is -0.119. The SMILES string of the molecule is NC1CCC(C(=O)Nc2ncnc(Cl)c2Cl)C1. The Bertz CT molecular complexity index is 440. The Kier molecular flexibility index (Phi) is 3.81. The third-order valence-corrected chi connectivity index (χ3v) is 3.57. The highest BCUT2D eigenvalue weighted by atomic mass is 35.5. The third-order valence-electron chi connectivity index (χ3n) is 2.83. The molecule has 1 saturated carbocycles. The first-order valence-electron chi connectivity index (χ1n) is 5.30. The van der Waals surface area contributed by atoms with Crippen LogP contribution in [0.5, 0.6) is 0 Å². The Hall–Kier alpha value is -0.910. The molecule has 0 saturated heterocycles. The van der Waals surface area contributed by atoms with Crippen molar-refractivity contribution in [2.24, 2.45) is 11.7 Å². The van der Waals surface area contributed by atoms with Gasteiger partial charge in [-0.15, -0.1) is 0 Å². The Balaban J connectivity index is 2.06. The summed E-state index contributed by atoms with van der Waals surface area (Å²) in [6.45, 7) is 0. The summed E-state index contributed by atoms with van der Waals surface area (Å²) < 4.78 is 0. The number of nitrogens with one attached hydrogen (secondary N) is 1. The molecule has 0 radical (unpaired) electrons. The number of carbonyl (C=O) groups is 1. The van der Waals surface area contributed by atoms with Gasteiger partial charge in [0.05, 0.1) is 0 Å². The van der Waals surface area contributed by atoms with Crippen LogP contribution in [0.4, 0.5) is 5.82 Å². The van der Waals surface area contributed by atoms with E-state index in [0.717, 1.165) is 12.8 Å². The molecule has 1 aromatic rings. The van der Waals surface area contributed by atoms with Crippen LogP contribution in [0.1, 0.15) is 19.3 Å². The highest BCUT2D eigenvalue weighted by Crippen LogP contribution is 2.28. The first kappa shape index (κ1) is 12.5. The quantitative estimate of drug-likeness (QED) is 0.807. The molecule has 2 atom stereocenters. The molecule has 0 aliphatic heterocycles. The van der Waals surface area contributed by atoms with Gasteiger partial charge >= 0.3 is 0 Å². The van der Waals surface area contributed by atoms with Gasteiger partial charge in [0.15, 0.2) is 11.0 Å². The zero-order valence-corrected chi connectivity index (χ0v) is 10.5. The lowest BCUT2D eigenvalue weighted by Crippen LogP contribution is -2.23. The number of halogens is 2. The number of nitrogens with zero attached hydrogens (tertiary/aromatic N) is 2. The molecule has 1 aliphatic carbocycles. The van der Waals surface area contributed by atoms with Crippen LogP contribution in [0.15, 0.2) is 6.33 Å². The van der Waals surface area contributed by atoms with Crippen LogP contribution in [0, 0.1) is 5.92 Å². The fraction of sp³-hybridized carbons (Fsp3) is 0.500. The second kappa shape index (κ2) is 5.16. The summed E-state index contributed by atoms with van der Waals surface area (Å²) in [7, 11) is 0. The normalized spacial score (nSPS) is 23.7. The van der Waals surface area contributed by atoms with Crippen molar-refractivity contribution in [1.82, 2.24) is 9.97 Å². The number of aromatic nitrogens is 2. The molecule has 2 unspecified atom stereocenters. The number of carbonyl (C=O) groups excluding carboxylic acids is 1. The first-order chi connectivity index (χ1) is 8.08. The Morgan fingerprint density at radius 2 is 2.18 bits per heavy atom. The molecule has 0 aromatic carbocycles. The zero-order chi connectivity index (χ0) is 12.4. The molecule has 1 aliphatic rings. The number of nitrogens with two attached hydrogens (primary N) is 1. The van der Waals surface area contributed by atoms with Crippen LogP contribution < -0.4 is 11.1 Å². The van der Waals surface area contributed by atoms with E-state index in [-0.39, 0.29) is 33.9 Å². The van der Waals surface area contributed by atoms with Crippen molar-refractivity contribution >= 4 is 34.9 Å². The van der Waals surface area contributed by atoms with E-state index in [0.29, 0.717) is 6.42 Å². The Morgan fingerprint density at radius 3 is 2.82 bits per heavy atom. The maximum Gasteiger partial charge on any atom is 0.228 e. The van der Waals surface area contributed by atoms with Crippen LogP contribution in [0.2, 0.25) is 10.2 Å². The van der Waals surface area contributed by atoms with Gasteiger partial charge in [0.2, 0.25) is 5.91 Å². The number of hydrogen-bond acceptors (Lipinski definition) is 4. The number of anilines is 1. The molecule has 17 heavy (non-hydrogen) atoms. The van der Waals surface area contributed by atoms with Gasteiger partial charge in [-0.3, -0.25) is 4.79 Å². The van der Waals surface area contributed by atoms with Crippen molar-refractivity contribution in [3.05, 3.63) is 16.5 Å². The standard InChI is InChI=1S/C10H12Cl2N4O/c11-7-8(12)14-4-15-9(7)16-10(17)5-1-2-6(13)3-5/h4-6H,1-3,13H2,(H,14,15,16,17). The fourth-order valence-corrected chi connectivity index (χ4v) is 2.19. The largest absolute Gasteiger partial charge is 0.328 e. The molecule has 5 nitrogen and oxygen atoms in total. The zero-order valence-electron chi connectivity index (χ0n) is 8.99. The predicted molar refractivity (Wildman–Crippen MR) is 66.0 cm³/mol. The second-order valence-electron chi connectivity index (χ2n) is 4.09. The summed E-state index contributed by atoms with van der Waals surface area (Å²) in [4.78, 5) is 19.5. The summed E-state index contributed by atoms with van der Waals surface area (Å²) in [5.41, 5.74) is 5.76. The van der Waals surface area contributed by atoms with Gasteiger partial charge in [0.25, 0.3) is 0 Å². The van der Waals surface area contributed by atoms with Crippen molar-refractivity contribution in [1.29, 1.82) is 0 Å². The summed E-state index contributed by atoms with van der Waals surface area (Å²) in [5.74, 6) is 0.0570. The highest BCUT2D eigenvalue weighted by Gasteiger charge is 2.28. The van der Waals surface area contributed by atoms with Crippen LogP contribution in [0.3, 0.4) is 0 Å². The van der Waals surface area contributed by atoms with E-state index in [2.05, 4.69) is 15.3 Å². The van der Waals surface area contributed by atoms with Crippen LogP contribution >= 0.6 is 23.2 Å². The van der Waals surface area contributed by atoms with Crippen molar-refractivity contribution in [3.63, 3.8) is 0 Å². The minimum atomic E-state index is -0.116. The molecule has 0 bridgehead atoms.